The smallest absolute Gasteiger partial charge is 0.437 e. The number of hydrogen-bond donors (Lipinski definition) is 7. The fourth-order valence-corrected chi connectivity index (χ4v) is 7.18. The van der Waals surface area contributed by atoms with Gasteiger partial charge in [-0.25, -0.2) is 14.4 Å². The maximum atomic E-state index is 13.6. The number of rotatable bonds is 19. The molecule has 0 spiro atoms. The normalized spacial score (nSPS) is 13.9. The summed E-state index contributed by atoms with van der Waals surface area (Å²) in [5, 5.41) is 19.2. The molecule has 0 unspecified atom stereocenters. The van der Waals surface area contributed by atoms with Crippen molar-refractivity contribution in [1.29, 1.82) is 0 Å². The molecule has 2 aliphatic rings. The van der Waals surface area contributed by atoms with E-state index in [4.69, 9.17) is 18.9 Å². The molecule has 3 aromatic rings. The Morgan fingerprint density at radius 1 is 0.689 bits per heavy atom. The number of carbonyl (C=O) groups excluding carboxylic acids is 8. The van der Waals surface area contributed by atoms with E-state index in [9.17, 15) is 38.4 Å². The molecule has 1 aliphatic heterocycles. The van der Waals surface area contributed by atoms with Gasteiger partial charge >= 0.3 is 18.3 Å². The largest absolute Gasteiger partial charge is 0.482 e. The third-order valence-electron chi connectivity index (χ3n) is 10.7. The van der Waals surface area contributed by atoms with E-state index in [0.29, 0.717) is 72.7 Å². The van der Waals surface area contributed by atoms with Crippen LogP contribution in [0.1, 0.15) is 144 Å². The molecule has 1 aliphatic carbocycles. The van der Waals surface area contributed by atoms with Crippen molar-refractivity contribution in [1.82, 2.24) is 31.5 Å². The third-order valence-corrected chi connectivity index (χ3v) is 10.7. The molecule has 0 radical (unpaired) electrons. The molecule has 3 aromatic carbocycles. The summed E-state index contributed by atoms with van der Waals surface area (Å²) >= 11 is 0. The molecule has 74 heavy (non-hydrogen) atoms. The molecule has 5 rings (SSSR count). The first-order valence-corrected chi connectivity index (χ1v) is 24.8. The van der Waals surface area contributed by atoms with Gasteiger partial charge in [0, 0.05) is 54.6 Å². The molecule has 400 valence electrons. The van der Waals surface area contributed by atoms with E-state index in [1.807, 2.05) is 17.0 Å². The summed E-state index contributed by atoms with van der Waals surface area (Å²) in [6, 6.07) is 17.7. The second-order valence-corrected chi connectivity index (χ2v) is 20.9. The second kappa shape index (κ2) is 25.8. The summed E-state index contributed by atoms with van der Waals surface area (Å²) in [6.07, 6.45) is 1.58. The molecule has 1 heterocycles. The molecule has 0 aromatic heterocycles. The minimum atomic E-state index is -0.978. The Labute approximate surface area is 432 Å². The van der Waals surface area contributed by atoms with Crippen molar-refractivity contribution in [2.75, 3.05) is 36.9 Å². The number of aliphatic imine (C=N–C) groups is 1. The summed E-state index contributed by atoms with van der Waals surface area (Å²) in [7, 11) is 0. The Bertz CT molecular complexity index is 2520. The number of fused-ring (bicyclic) bond motifs is 1. The van der Waals surface area contributed by atoms with Crippen LogP contribution < -0.4 is 42.0 Å². The number of ether oxygens (including phenoxy) is 4. The van der Waals surface area contributed by atoms with Gasteiger partial charge in [-0.3, -0.25) is 29.3 Å². The van der Waals surface area contributed by atoms with E-state index in [1.54, 1.807) is 117 Å². The molecule has 21 nitrogen and oxygen atoms in total. The van der Waals surface area contributed by atoms with Gasteiger partial charge in [0.05, 0.1) is 5.69 Å². The molecule has 0 bridgehead atoms. The van der Waals surface area contributed by atoms with E-state index in [-0.39, 0.29) is 61.6 Å². The number of benzene rings is 3. The lowest BCUT2D eigenvalue weighted by Crippen LogP contribution is -2.49. The number of alkyl carbamates (subject to hydrolysis) is 2. The average molecular weight is 1030 g/mol. The van der Waals surface area contributed by atoms with Crippen LogP contribution in [0.4, 0.5) is 25.8 Å². The predicted octanol–water partition coefficient (Wildman–Crippen LogP) is 7.17. The Morgan fingerprint density at radius 3 is 1.91 bits per heavy atom. The first kappa shape index (κ1) is 57.2. The Balaban J connectivity index is 1.02. The van der Waals surface area contributed by atoms with Crippen molar-refractivity contribution in [2.24, 2.45) is 4.99 Å². The zero-order chi connectivity index (χ0) is 54.2. The highest BCUT2D eigenvalue weighted by molar-refractivity contribution is 6.05. The summed E-state index contributed by atoms with van der Waals surface area (Å²) in [6.45, 7) is 16.3. The summed E-state index contributed by atoms with van der Waals surface area (Å²) in [5.41, 5.74) is 0.728. The lowest BCUT2D eigenvalue weighted by molar-refractivity contribution is -0.123. The SMILES string of the molecule is CC(C)(C)OC(=O)/N=C(/NCCC[C@H](NC(=O)OC(C)(C)C)C(=O)NCCCCCNC(=O)c1ccc(NC(=O)c2ccc(CN(C(=O)c3ccc4c(c3)OCC(=O)N4)C3CC3)cc2)cc1)NC(=O)OC(C)(C)C. The van der Waals surface area contributed by atoms with Crippen LogP contribution in [0.2, 0.25) is 0 Å². The van der Waals surface area contributed by atoms with Crippen molar-refractivity contribution in [3.63, 3.8) is 0 Å². The van der Waals surface area contributed by atoms with E-state index >= 15 is 0 Å². The van der Waals surface area contributed by atoms with Gasteiger partial charge in [-0.05, 0) is 167 Å². The van der Waals surface area contributed by atoms with Gasteiger partial charge in [0.1, 0.15) is 28.6 Å². The predicted molar refractivity (Wildman–Crippen MR) is 277 cm³/mol. The standard InChI is InChI=1S/C53H71N9O12/c1-51(2,3)72-48(68)59-40(14-13-29-56-47(60-49(69)73-52(4,5)6)61-50(70)74-53(7,8)9)45(66)55-28-12-10-11-27-54-43(64)34-19-22-37(23-20-34)57-44(65)35-17-15-33(16-18-35)31-62(38-24-25-38)46(67)36-21-26-39-41(30-36)71-32-42(63)58-39/h15-23,26,30,38,40H,10-14,24-25,27-29,31-32H2,1-9H3,(H,54,64)(H,55,66)(H,57,65)(H,58,63)(H,59,68)(H2,56,60,61,69,70)/t40-/m0/s1. The van der Waals surface area contributed by atoms with Gasteiger partial charge in [0.25, 0.3) is 23.6 Å². The zero-order valence-electron chi connectivity index (χ0n) is 43.8. The first-order chi connectivity index (χ1) is 34.8. The minimum absolute atomic E-state index is 0.106. The average Bonchev–Trinajstić information content (AvgIpc) is 4.15. The second-order valence-electron chi connectivity index (χ2n) is 20.9. The Hall–Kier alpha value is -7.71. The zero-order valence-corrected chi connectivity index (χ0v) is 43.8. The van der Waals surface area contributed by atoms with Crippen LogP contribution in [0.3, 0.4) is 0 Å². The number of amides is 8. The van der Waals surface area contributed by atoms with Crippen molar-refractivity contribution in [2.45, 2.75) is 143 Å². The van der Waals surface area contributed by atoms with Gasteiger partial charge in [0.15, 0.2) is 6.61 Å². The summed E-state index contributed by atoms with van der Waals surface area (Å²) in [4.78, 5) is 108. The topological polar surface area (TPSA) is 273 Å². The van der Waals surface area contributed by atoms with E-state index in [0.717, 1.165) is 18.4 Å². The molecule has 7 N–H and O–H groups in total. The minimum Gasteiger partial charge on any atom is -0.482 e. The van der Waals surface area contributed by atoms with Gasteiger partial charge in [-0.15, -0.1) is 4.99 Å². The number of anilines is 2. The summed E-state index contributed by atoms with van der Waals surface area (Å²) in [5.74, 6) is -1.20. The molecule has 1 fully saturated rings. The van der Waals surface area contributed by atoms with E-state index in [1.165, 1.54) is 0 Å². The Morgan fingerprint density at radius 2 is 1.27 bits per heavy atom. The Kier molecular flexibility index (Phi) is 19.9. The highest BCUT2D eigenvalue weighted by Gasteiger charge is 2.34. The molecule has 21 heteroatoms. The van der Waals surface area contributed by atoms with Gasteiger partial charge in [-0.1, -0.05) is 12.1 Å². The van der Waals surface area contributed by atoms with E-state index in [2.05, 4.69) is 42.2 Å². The van der Waals surface area contributed by atoms with Gasteiger partial charge in [0.2, 0.25) is 11.9 Å². The monoisotopic (exact) mass is 1030 g/mol. The lowest BCUT2D eigenvalue weighted by Gasteiger charge is -2.24. The van der Waals surface area contributed by atoms with Crippen molar-refractivity contribution in [3.8, 4) is 5.75 Å². The fraction of sp³-hybridized carbons (Fsp3) is 0.491. The van der Waals surface area contributed by atoms with Crippen LogP contribution in [0.5, 0.6) is 5.75 Å². The van der Waals surface area contributed by atoms with Gasteiger partial charge < -0.3 is 55.7 Å². The number of carbonyl (C=O) groups is 8. The molecule has 0 saturated heterocycles. The highest BCUT2D eigenvalue weighted by Crippen LogP contribution is 2.33. The van der Waals surface area contributed by atoms with Crippen LogP contribution in [0.15, 0.2) is 71.7 Å². The van der Waals surface area contributed by atoms with Crippen molar-refractivity contribution >= 4 is 65.1 Å². The molecule has 1 atom stereocenters. The number of guanidine groups is 1. The number of nitrogens with one attached hydrogen (secondary N) is 7. The number of hydrogen-bond acceptors (Lipinski definition) is 12. The van der Waals surface area contributed by atoms with E-state index < -0.39 is 47.0 Å². The molecular weight excluding hydrogens is 955 g/mol. The fourth-order valence-electron chi connectivity index (χ4n) is 7.18. The molecular formula is C53H71N9O12. The number of unbranched alkanes of at least 4 members (excludes halogenated alkanes) is 2. The van der Waals surface area contributed by atoms with Crippen molar-refractivity contribution in [3.05, 3.63) is 89.0 Å². The lowest BCUT2D eigenvalue weighted by atomic mass is 10.1. The summed E-state index contributed by atoms with van der Waals surface area (Å²) < 4.78 is 21.4. The molecule has 8 amide bonds. The third kappa shape index (κ3) is 20.1. The highest BCUT2D eigenvalue weighted by atomic mass is 16.6. The maximum absolute atomic E-state index is 13.6. The van der Waals surface area contributed by atoms with Crippen LogP contribution in [0, 0.1) is 0 Å². The van der Waals surface area contributed by atoms with Crippen LogP contribution in [-0.2, 0) is 30.3 Å². The number of nitrogens with zero attached hydrogens (tertiary/aromatic N) is 2. The first-order valence-electron chi connectivity index (χ1n) is 24.8. The van der Waals surface area contributed by atoms with Crippen LogP contribution in [-0.4, -0.2) is 114 Å². The van der Waals surface area contributed by atoms with Crippen molar-refractivity contribution < 1.29 is 57.3 Å². The maximum Gasteiger partial charge on any atom is 0.437 e. The van der Waals surface area contributed by atoms with Crippen LogP contribution >= 0.6 is 0 Å². The van der Waals surface area contributed by atoms with Crippen LogP contribution in [0.25, 0.3) is 0 Å². The molecule has 1 saturated carbocycles. The quantitative estimate of drug-likeness (QED) is 0.0272. The van der Waals surface area contributed by atoms with Gasteiger partial charge in [-0.2, -0.15) is 0 Å².